The highest BCUT2D eigenvalue weighted by Crippen LogP contribution is 2.24. The third-order valence-corrected chi connectivity index (χ3v) is 4.56. The molecule has 0 fully saturated rings. The first-order valence-electron chi connectivity index (χ1n) is 8.52. The van der Waals surface area contributed by atoms with E-state index in [1.165, 1.54) is 27.5 Å². The van der Waals surface area contributed by atoms with Crippen LogP contribution in [0.4, 0.5) is 0 Å². The number of fused-ring (bicyclic) bond motifs is 1. The van der Waals surface area contributed by atoms with Crippen LogP contribution in [-0.2, 0) is 11.8 Å². The summed E-state index contributed by atoms with van der Waals surface area (Å²) < 4.78 is 0. The Kier molecular flexibility index (Phi) is 4.53. The highest BCUT2D eigenvalue weighted by molar-refractivity contribution is 6.11. The molecule has 1 heteroatoms. The zero-order valence-corrected chi connectivity index (χ0v) is 15.0. The number of hydrogen-bond acceptors (Lipinski definition) is 1. The highest BCUT2D eigenvalue weighted by atomic mass is 14.7. The third-order valence-electron chi connectivity index (χ3n) is 4.56. The molecule has 0 aromatic heterocycles. The molecule has 0 aliphatic heterocycles. The van der Waals surface area contributed by atoms with Gasteiger partial charge in [-0.15, -0.1) is 0 Å². The lowest BCUT2D eigenvalue weighted by molar-refractivity contribution is 0.590. The van der Waals surface area contributed by atoms with E-state index in [1.807, 2.05) is 7.05 Å². The molecule has 0 heterocycles. The average molecular weight is 315 g/mol. The zero-order chi connectivity index (χ0) is 17.2. The van der Waals surface area contributed by atoms with Crippen LogP contribution in [0.2, 0.25) is 0 Å². The van der Waals surface area contributed by atoms with Gasteiger partial charge in [-0.25, -0.2) is 0 Å². The van der Waals surface area contributed by atoms with Crippen LogP contribution in [0, 0.1) is 0 Å². The van der Waals surface area contributed by atoms with Gasteiger partial charge < -0.3 is 0 Å². The van der Waals surface area contributed by atoms with Crippen LogP contribution < -0.4 is 0 Å². The van der Waals surface area contributed by atoms with Crippen LogP contribution in [0.25, 0.3) is 10.8 Å². The molecule has 0 amide bonds. The van der Waals surface area contributed by atoms with Crippen molar-refractivity contribution in [2.75, 3.05) is 7.05 Å². The van der Waals surface area contributed by atoms with Crippen molar-refractivity contribution < 1.29 is 0 Å². The first-order chi connectivity index (χ1) is 11.5. The number of aliphatic imine (C=N–C) groups is 1. The molecule has 3 rings (SSSR count). The fourth-order valence-corrected chi connectivity index (χ4v) is 3.09. The van der Waals surface area contributed by atoms with Gasteiger partial charge in [0.15, 0.2) is 0 Å². The number of rotatable bonds is 3. The molecule has 3 aromatic carbocycles. The summed E-state index contributed by atoms with van der Waals surface area (Å²) in [5.74, 6) is 0. The fraction of sp³-hybridized carbons (Fsp3) is 0.261. The van der Waals surface area contributed by atoms with E-state index in [1.54, 1.807) is 0 Å². The Bertz CT molecular complexity index is 859. The van der Waals surface area contributed by atoms with E-state index >= 15 is 0 Å². The van der Waals surface area contributed by atoms with E-state index in [0.717, 1.165) is 12.1 Å². The van der Waals surface area contributed by atoms with Crippen LogP contribution in [-0.4, -0.2) is 12.8 Å². The summed E-state index contributed by atoms with van der Waals surface area (Å²) >= 11 is 0. The Hall–Kier alpha value is -2.41. The summed E-state index contributed by atoms with van der Waals surface area (Å²) in [6.07, 6.45) is 0.856. The van der Waals surface area contributed by atoms with E-state index < -0.39 is 0 Å². The van der Waals surface area contributed by atoms with Crippen molar-refractivity contribution in [3.8, 4) is 0 Å². The zero-order valence-electron chi connectivity index (χ0n) is 15.0. The lowest BCUT2D eigenvalue weighted by Gasteiger charge is -2.19. The third kappa shape index (κ3) is 3.41. The molecule has 0 atom stereocenters. The van der Waals surface area contributed by atoms with Crippen molar-refractivity contribution in [1.82, 2.24) is 0 Å². The minimum Gasteiger partial charge on any atom is -0.292 e. The quantitative estimate of drug-likeness (QED) is 0.542. The van der Waals surface area contributed by atoms with Crippen molar-refractivity contribution >= 4 is 16.5 Å². The first kappa shape index (κ1) is 16.4. The molecule has 0 aliphatic rings. The van der Waals surface area contributed by atoms with Gasteiger partial charge in [-0.05, 0) is 27.3 Å². The molecule has 122 valence electrons. The Balaban J connectivity index is 1.93. The van der Waals surface area contributed by atoms with E-state index in [2.05, 4.69) is 92.5 Å². The standard InChI is InChI=1S/C23H25N/c1-23(2,3)19-14-12-17(13-15-19)16-22(24-4)21-11-7-9-18-8-5-6-10-20(18)21/h5-15H,16H2,1-4H3/b24-22+. The van der Waals surface area contributed by atoms with Crippen molar-refractivity contribution in [2.24, 2.45) is 4.99 Å². The molecule has 0 unspecified atom stereocenters. The number of benzene rings is 3. The normalized spacial score (nSPS) is 12.6. The monoisotopic (exact) mass is 315 g/mol. The molecule has 0 aliphatic carbocycles. The molecule has 3 aromatic rings. The molecule has 0 spiro atoms. The van der Waals surface area contributed by atoms with Gasteiger partial charge in [0, 0.05) is 24.7 Å². The van der Waals surface area contributed by atoms with E-state index in [-0.39, 0.29) is 5.41 Å². The summed E-state index contributed by atoms with van der Waals surface area (Å²) in [4.78, 5) is 4.59. The molecular formula is C23H25N. The largest absolute Gasteiger partial charge is 0.292 e. The van der Waals surface area contributed by atoms with Gasteiger partial charge in [0.05, 0.1) is 0 Å². The molecule has 24 heavy (non-hydrogen) atoms. The summed E-state index contributed by atoms with van der Waals surface area (Å²) in [6, 6.07) is 23.9. The van der Waals surface area contributed by atoms with Crippen LogP contribution in [0.5, 0.6) is 0 Å². The summed E-state index contributed by atoms with van der Waals surface area (Å²) in [5.41, 5.74) is 5.23. The molecule has 1 nitrogen and oxygen atoms in total. The van der Waals surface area contributed by atoms with E-state index in [4.69, 9.17) is 0 Å². The Labute approximate surface area is 145 Å². The van der Waals surface area contributed by atoms with Crippen LogP contribution in [0.1, 0.15) is 37.5 Å². The maximum atomic E-state index is 4.59. The second kappa shape index (κ2) is 6.60. The maximum absolute atomic E-state index is 4.59. The van der Waals surface area contributed by atoms with Gasteiger partial charge in [-0.1, -0.05) is 87.5 Å². The Morgan fingerprint density at radius 2 is 1.50 bits per heavy atom. The van der Waals surface area contributed by atoms with E-state index in [9.17, 15) is 0 Å². The molecular weight excluding hydrogens is 290 g/mol. The van der Waals surface area contributed by atoms with Crippen molar-refractivity contribution in [2.45, 2.75) is 32.6 Å². The lowest BCUT2D eigenvalue weighted by Crippen LogP contribution is -2.11. The molecule has 0 radical (unpaired) electrons. The summed E-state index contributed by atoms with van der Waals surface area (Å²) in [7, 11) is 1.89. The van der Waals surface area contributed by atoms with Crippen LogP contribution >= 0.6 is 0 Å². The summed E-state index contributed by atoms with van der Waals surface area (Å²) in [6.45, 7) is 6.74. The Morgan fingerprint density at radius 1 is 0.833 bits per heavy atom. The van der Waals surface area contributed by atoms with Gasteiger partial charge in [-0.3, -0.25) is 4.99 Å². The molecule has 0 N–H and O–H groups in total. The topological polar surface area (TPSA) is 12.4 Å². The smallest absolute Gasteiger partial charge is 0.0467 e. The second-order valence-electron chi connectivity index (χ2n) is 7.32. The first-order valence-corrected chi connectivity index (χ1v) is 8.52. The predicted octanol–water partition coefficient (Wildman–Crippen LogP) is 5.80. The highest BCUT2D eigenvalue weighted by Gasteiger charge is 2.14. The van der Waals surface area contributed by atoms with Crippen molar-refractivity contribution in [3.05, 3.63) is 83.4 Å². The van der Waals surface area contributed by atoms with Crippen LogP contribution in [0.15, 0.2) is 71.7 Å². The van der Waals surface area contributed by atoms with Crippen molar-refractivity contribution in [1.29, 1.82) is 0 Å². The van der Waals surface area contributed by atoms with Crippen molar-refractivity contribution in [3.63, 3.8) is 0 Å². The molecule has 0 saturated carbocycles. The van der Waals surface area contributed by atoms with Gasteiger partial charge in [0.1, 0.15) is 0 Å². The minimum absolute atomic E-state index is 0.190. The van der Waals surface area contributed by atoms with Crippen LogP contribution in [0.3, 0.4) is 0 Å². The van der Waals surface area contributed by atoms with Gasteiger partial charge in [-0.2, -0.15) is 0 Å². The van der Waals surface area contributed by atoms with Gasteiger partial charge in [0.2, 0.25) is 0 Å². The SMILES string of the molecule is C/N=C(\Cc1ccc(C(C)(C)C)cc1)c1cccc2ccccc12. The minimum atomic E-state index is 0.190. The molecule has 0 bridgehead atoms. The fourth-order valence-electron chi connectivity index (χ4n) is 3.09. The lowest BCUT2D eigenvalue weighted by atomic mass is 9.86. The second-order valence-corrected chi connectivity index (χ2v) is 7.32. The van der Waals surface area contributed by atoms with E-state index in [0.29, 0.717) is 0 Å². The predicted molar refractivity (Wildman–Crippen MR) is 105 cm³/mol. The maximum Gasteiger partial charge on any atom is 0.0467 e. The van der Waals surface area contributed by atoms with Gasteiger partial charge >= 0.3 is 0 Å². The Morgan fingerprint density at radius 3 is 2.17 bits per heavy atom. The number of hydrogen-bond donors (Lipinski definition) is 0. The number of nitrogens with zero attached hydrogens (tertiary/aromatic N) is 1. The molecule has 0 saturated heterocycles. The van der Waals surface area contributed by atoms with Gasteiger partial charge in [0.25, 0.3) is 0 Å². The summed E-state index contributed by atoms with van der Waals surface area (Å²) in [5, 5.41) is 2.53. The average Bonchev–Trinajstić information content (AvgIpc) is 2.59.